The van der Waals surface area contributed by atoms with Crippen LogP contribution in [0.1, 0.15) is 86.1 Å². The topological polar surface area (TPSA) is 164 Å². The molecule has 4 atom stereocenters. The number of benzene rings is 1. The van der Waals surface area contributed by atoms with Crippen LogP contribution in [-0.2, 0) is 35.0 Å². The third-order valence-corrected chi connectivity index (χ3v) is 8.63. The molecule has 1 aliphatic carbocycles. The Hall–Kier alpha value is -3.87. The fraction of sp³-hybridized carbons (Fsp3) is 0.694. The highest BCUT2D eigenvalue weighted by molar-refractivity contribution is 5.86. The van der Waals surface area contributed by atoms with Gasteiger partial charge in [0.05, 0.1) is 32.2 Å². The summed E-state index contributed by atoms with van der Waals surface area (Å²) in [5.74, 6) is -1.66. The van der Waals surface area contributed by atoms with Gasteiger partial charge in [-0.1, -0.05) is 77.3 Å². The van der Waals surface area contributed by atoms with Gasteiger partial charge in [-0.25, -0.2) is 14.6 Å². The molecule has 1 aliphatic rings. The number of carbonyl (C=O) groups excluding carboxylic acids is 5. The van der Waals surface area contributed by atoms with Crippen molar-refractivity contribution in [2.24, 2.45) is 23.2 Å². The number of nitrogens with zero attached hydrogens (tertiary/aromatic N) is 1. The molecule has 4 N–H and O–H groups in total. The van der Waals surface area contributed by atoms with Crippen molar-refractivity contribution in [2.45, 2.75) is 111 Å². The molecular weight excluding hydrogens is 630 g/mol. The van der Waals surface area contributed by atoms with E-state index in [2.05, 4.69) is 21.4 Å². The van der Waals surface area contributed by atoms with Gasteiger partial charge in [0.2, 0.25) is 5.91 Å². The largest absolute Gasteiger partial charge is 0.458 e. The van der Waals surface area contributed by atoms with Crippen LogP contribution in [0.25, 0.3) is 0 Å². The predicted molar refractivity (Wildman–Crippen MR) is 186 cm³/mol. The molecule has 0 heterocycles. The van der Waals surface area contributed by atoms with Crippen LogP contribution in [0.15, 0.2) is 30.3 Å². The lowest BCUT2D eigenvalue weighted by Gasteiger charge is -2.37. The summed E-state index contributed by atoms with van der Waals surface area (Å²) in [6.45, 7) is 13.0. The lowest BCUT2D eigenvalue weighted by Crippen LogP contribution is -2.60. The minimum atomic E-state index is -0.934. The summed E-state index contributed by atoms with van der Waals surface area (Å²) < 4.78 is 15.8. The molecule has 1 aromatic carbocycles. The summed E-state index contributed by atoms with van der Waals surface area (Å²) in [5, 5.41) is 10.1. The fourth-order valence-electron chi connectivity index (χ4n) is 5.71. The van der Waals surface area contributed by atoms with E-state index in [4.69, 9.17) is 14.2 Å². The first kappa shape index (κ1) is 41.3. The second-order valence-corrected chi connectivity index (χ2v) is 14.6. The number of hydrazine groups is 1. The first-order chi connectivity index (χ1) is 23.0. The molecule has 4 amide bonds. The second kappa shape index (κ2) is 20.0. The van der Waals surface area contributed by atoms with Gasteiger partial charge >= 0.3 is 18.2 Å². The van der Waals surface area contributed by atoms with Gasteiger partial charge in [-0.05, 0) is 63.4 Å². The summed E-state index contributed by atoms with van der Waals surface area (Å²) in [6.07, 6.45) is 3.14. The highest BCUT2D eigenvalue weighted by Gasteiger charge is 2.37. The summed E-state index contributed by atoms with van der Waals surface area (Å²) in [5.41, 5.74) is 3.03. The number of ether oxygens (including phenoxy) is 3. The van der Waals surface area contributed by atoms with E-state index in [1.807, 2.05) is 44.2 Å². The average molecular weight is 690 g/mol. The number of carbonyl (C=O) groups is 5. The van der Waals surface area contributed by atoms with E-state index < -0.39 is 59.6 Å². The van der Waals surface area contributed by atoms with Crippen molar-refractivity contribution in [3.8, 4) is 0 Å². The molecule has 2 rings (SSSR count). The Morgan fingerprint density at radius 1 is 0.796 bits per heavy atom. The zero-order valence-corrected chi connectivity index (χ0v) is 30.8. The van der Waals surface area contributed by atoms with Gasteiger partial charge in [0.1, 0.15) is 18.2 Å². The molecule has 13 heteroatoms. The van der Waals surface area contributed by atoms with E-state index in [9.17, 15) is 24.0 Å². The smallest absolute Gasteiger partial charge is 0.407 e. The second-order valence-electron chi connectivity index (χ2n) is 14.6. The van der Waals surface area contributed by atoms with Crippen LogP contribution < -0.4 is 21.4 Å². The van der Waals surface area contributed by atoms with Gasteiger partial charge in [0, 0.05) is 6.54 Å². The zero-order chi connectivity index (χ0) is 36.7. The van der Waals surface area contributed by atoms with Crippen molar-refractivity contribution in [3.63, 3.8) is 0 Å². The molecule has 0 saturated heterocycles. The summed E-state index contributed by atoms with van der Waals surface area (Å²) in [4.78, 5) is 65.4. The number of alkyl carbamates (subject to hydrolysis) is 2. The van der Waals surface area contributed by atoms with Gasteiger partial charge < -0.3 is 30.2 Å². The molecule has 1 fully saturated rings. The van der Waals surface area contributed by atoms with Crippen LogP contribution in [0, 0.1) is 23.2 Å². The van der Waals surface area contributed by atoms with Gasteiger partial charge in [-0.2, -0.15) is 0 Å². The predicted octanol–water partition coefficient (Wildman–Crippen LogP) is 4.35. The molecule has 0 aromatic heterocycles. The van der Waals surface area contributed by atoms with Crippen LogP contribution in [0.3, 0.4) is 0 Å². The van der Waals surface area contributed by atoms with Gasteiger partial charge in [0.15, 0.2) is 0 Å². The van der Waals surface area contributed by atoms with E-state index in [1.54, 1.807) is 39.6 Å². The Bertz CT molecular complexity index is 1210. The van der Waals surface area contributed by atoms with Gasteiger partial charge in [-0.3, -0.25) is 19.8 Å². The van der Waals surface area contributed by atoms with E-state index in [0.717, 1.165) is 37.7 Å². The highest BCUT2D eigenvalue weighted by atomic mass is 16.6. The molecule has 276 valence electrons. The van der Waals surface area contributed by atoms with E-state index >= 15 is 0 Å². The molecule has 0 aliphatic heterocycles. The molecule has 1 aromatic rings. The van der Waals surface area contributed by atoms with E-state index in [1.165, 1.54) is 14.2 Å². The van der Waals surface area contributed by atoms with Crippen molar-refractivity contribution in [2.75, 3.05) is 27.3 Å². The standard InChI is InChI=1S/C36H59N5O8/c1-23(2)29(38-34(45)47-8)31(42)37-27(20-25-16-12-10-13-17-25)28(49-33(44)36(5,6)7)22-41(21-26-18-14-11-15-19-26)40-32(43)30(24(3)4)39-35(46)48-9/h10,12-13,16-17,23-24,26-30H,11,14-15,18-22H2,1-9H3,(H,37,42)(H,38,45)(H,39,46)(H,40,43). The van der Waals surface area contributed by atoms with Crippen molar-refractivity contribution >= 4 is 30.0 Å². The maximum atomic E-state index is 13.8. The number of hydrogen-bond donors (Lipinski definition) is 4. The van der Waals surface area contributed by atoms with Crippen LogP contribution in [0.5, 0.6) is 0 Å². The van der Waals surface area contributed by atoms with Crippen LogP contribution >= 0.6 is 0 Å². The highest BCUT2D eigenvalue weighted by Crippen LogP contribution is 2.25. The molecular formula is C36H59N5O8. The van der Waals surface area contributed by atoms with Crippen LogP contribution in [-0.4, -0.2) is 86.5 Å². The normalized spacial score (nSPS) is 16.2. The molecule has 13 nitrogen and oxygen atoms in total. The Labute approximate surface area is 291 Å². The monoisotopic (exact) mass is 689 g/mol. The number of esters is 1. The maximum Gasteiger partial charge on any atom is 0.407 e. The Morgan fingerprint density at radius 2 is 1.33 bits per heavy atom. The summed E-state index contributed by atoms with van der Waals surface area (Å²) in [6, 6.07) is 6.90. The van der Waals surface area contributed by atoms with Gasteiger partial charge in [-0.15, -0.1) is 0 Å². The van der Waals surface area contributed by atoms with Crippen molar-refractivity contribution < 1.29 is 38.2 Å². The average Bonchev–Trinajstić information content (AvgIpc) is 3.05. The Kier molecular flexibility index (Phi) is 16.8. The Morgan fingerprint density at radius 3 is 1.82 bits per heavy atom. The lowest BCUT2D eigenvalue weighted by molar-refractivity contribution is -0.163. The number of hydrogen-bond acceptors (Lipinski definition) is 9. The number of rotatable bonds is 16. The minimum Gasteiger partial charge on any atom is -0.458 e. The quantitative estimate of drug-likeness (QED) is 0.112. The number of amides is 4. The van der Waals surface area contributed by atoms with Crippen LogP contribution in [0.2, 0.25) is 0 Å². The first-order valence-electron chi connectivity index (χ1n) is 17.3. The van der Waals surface area contributed by atoms with Crippen molar-refractivity contribution in [1.29, 1.82) is 0 Å². The Balaban J connectivity index is 2.57. The minimum absolute atomic E-state index is 0.0433. The van der Waals surface area contributed by atoms with Crippen LogP contribution in [0.4, 0.5) is 9.59 Å². The molecule has 1 saturated carbocycles. The van der Waals surface area contributed by atoms with Crippen molar-refractivity contribution in [1.82, 2.24) is 26.4 Å². The third kappa shape index (κ3) is 14.3. The molecule has 4 unspecified atom stereocenters. The van der Waals surface area contributed by atoms with E-state index in [-0.39, 0.29) is 24.3 Å². The molecule has 0 bridgehead atoms. The number of nitrogens with one attached hydrogen (secondary N) is 4. The maximum absolute atomic E-state index is 13.8. The fourth-order valence-corrected chi connectivity index (χ4v) is 5.71. The lowest BCUT2D eigenvalue weighted by atomic mass is 9.89. The SMILES string of the molecule is COC(=O)NC(C(=O)NC(Cc1ccccc1)C(CN(CC1CCCCC1)NC(=O)C(NC(=O)OC)C(C)C)OC(=O)C(C)(C)C)C(C)C. The third-order valence-electron chi connectivity index (χ3n) is 8.63. The summed E-state index contributed by atoms with van der Waals surface area (Å²) in [7, 11) is 2.46. The first-order valence-corrected chi connectivity index (χ1v) is 17.3. The van der Waals surface area contributed by atoms with Crippen molar-refractivity contribution in [3.05, 3.63) is 35.9 Å². The zero-order valence-electron chi connectivity index (χ0n) is 30.8. The molecule has 0 spiro atoms. The van der Waals surface area contributed by atoms with Gasteiger partial charge in [0.25, 0.3) is 5.91 Å². The number of methoxy groups -OCH3 is 2. The summed E-state index contributed by atoms with van der Waals surface area (Å²) >= 11 is 0. The molecule has 0 radical (unpaired) electrons. The molecule has 49 heavy (non-hydrogen) atoms. The van der Waals surface area contributed by atoms with E-state index in [0.29, 0.717) is 13.0 Å².